The Hall–Kier alpha value is -0.270. The molecule has 0 atom stereocenters. The largest absolute Gasteiger partial charge is 0.327 e. The Balaban J connectivity index is 0. The molecule has 0 amide bonds. The monoisotopic (exact) mass is 273 g/mol. The third kappa shape index (κ3) is 6.06. The van der Waals surface area contributed by atoms with Crippen LogP contribution in [0.2, 0.25) is 0 Å². The van der Waals surface area contributed by atoms with Gasteiger partial charge in [-0.25, -0.2) is 0 Å². The SMILES string of the molecule is CCC(CC)(CC)C(C)=CCCC(C)=CCN.Cl. The van der Waals surface area contributed by atoms with E-state index in [0.29, 0.717) is 12.0 Å². The van der Waals surface area contributed by atoms with Crippen LogP contribution >= 0.6 is 12.4 Å². The van der Waals surface area contributed by atoms with E-state index in [1.165, 1.54) is 24.8 Å². The molecule has 0 radical (unpaired) electrons. The van der Waals surface area contributed by atoms with E-state index < -0.39 is 0 Å². The maximum absolute atomic E-state index is 5.50. The number of rotatable bonds is 8. The summed E-state index contributed by atoms with van der Waals surface area (Å²) in [6.07, 6.45) is 10.6. The second-order valence-electron chi connectivity index (χ2n) is 5.05. The molecule has 2 N–H and O–H groups in total. The maximum atomic E-state index is 5.50. The van der Waals surface area contributed by atoms with Gasteiger partial charge in [0.25, 0.3) is 0 Å². The molecular formula is C16H32ClN. The first kappa shape index (κ1) is 20.1. The minimum atomic E-state index is 0. The molecule has 0 unspecified atom stereocenters. The van der Waals surface area contributed by atoms with Gasteiger partial charge in [0.05, 0.1) is 0 Å². The molecule has 0 aliphatic carbocycles. The Labute approximate surface area is 120 Å². The molecule has 0 heterocycles. The number of hydrogen-bond donors (Lipinski definition) is 1. The Morgan fingerprint density at radius 3 is 1.89 bits per heavy atom. The fraction of sp³-hybridized carbons (Fsp3) is 0.750. The lowest BCUT2D eigenvalue weighted by molar-refractivity contribution is 0.313. The molecule has 0 saturated carbocycles. The van der Waals surface area contributed by atoms with E-state index in [2.05, 4.69) is 46.8 Å². The van der Waals surface area contributed by atoms with E-state index in [0.717, 1.165) is 12.8 Å². The summed E-state index contributed by atoms with van der Waals surface area (Å²) < 4.78 is 0. The quantitative estimate of drug-likeness (QED) is 0.600. The Bertz CT molecular complexity index is 254. The zero-order valence-corrected chi connectivity index (χ0v) is 13.7. The van der Waals surface area contributed by atoms with Crippen LogP contribution in [0.3, 0.4) is 0 Å². The molecule has 0 aliphatic rings. The molecule has 0 aromatic carbocycles. The molecule has 2 heteroatoms. The summed E-state index contributed by atoms with van der Waals surface area (Å²) in [5, 5.41) is 0. The van der Waals surface area contributed by atoms with E-state index in [1.54, 1.807) is 5.57 Å². The van der Waals surface area contributed by atoms with Gasteiger partial charge in [-0.2, -0.15) is 0 Å². The zero-order valence-electron chi connectivity index (χ0n) is 12.9. The normalized spacial score (nSPS) is 13.4. The fourth-order valence-electron chi connectivity index (χ4n) is 2.62. The summed E-state index contributed by atoms with van der Waals surface area (Å²) in [6, 6.07) is 0. The van der Waals surface area contributed by atoms with Crippen molar-refractivity contribution in [3.05, 3.63) is 23.3 Å². The van der Waals surface area contributed by atoms with Crippen molar-refractivity contribution < 1.29 is 0 Å². The molecule has 0 aromatic rings. The molecule has 108 valence electrons. The van der Waals surface area contributed by atoms with Crippen LogP contribution in [-0.2, 0) is 0 Å². The maximum Gasteiger partial charge on any atom is 0.0109 e. The van der Waals surface area contributed by atoms with Gasteiger partial charge in [-0.05, 0) is 51.4 Å². The van der Waals surface area contributed by atoms with Crippen LogP contribution in [-0.4, -0.2) is 6.54 Å². The van der Waals surface area contributed by atoms with E-state index in [1.807, 2.05) is 0 Å². The van der Waals surface area contributed by atoms with E-state index in [9.17, 15) is 0 Å². The lowest BCUT2D eigenvalue weighted by atomic mass is 9.73. The van der Waals surface area contributed by atoms with Gasteiger partial charge in [0, 0.05) is 6.54 Å². The lowest BCUT2D eigenvalue weighted by Gasteiger charge is -2.32. The summed E-state index contributed by atoms with van der Waals surface area (Å²) in [7, 11) is 0. The second kappa shape index (κ2) is 10.6. The van der Waals surface area contributed by atoms with Gasteiger partial charge in [0.1, 0.15) is 0 Å². The minimum absolute atomic E-state index is 0. The molecule has 18 heavy (non-hydrogen) atoms. The van der Waals surface area contributed by atoms with Crippen LogP contribution in [0.5, 0.6) is 0 Å². The first-order chi connectivity index (χ1) is 8.06. The highest BCUT2D eigenvalue weighted by Gasteiger charge is 2.25. The van der Waals surface area contributed by atoms with Crippen molar-refractivity contribution in [3.63, 3.8) is 0 Å². The minimum Gasteiger partial charge on any atom is -0.327 e. The van der Waals surface area contributed by atoms with Gasteiger partial charge in [-0.3, -0.25) is 0 Å². The van der Waals surface area contributed by atoms with E-state index in [-0.39, 0.29) is 12.4 Å². The summed E-state index contributed by atoms with van der Waals surface area (Å²) >= 11 is 0. The first-order valence-corrected chi connectivity index (χ1v) is 7.09. The van der Waals surface area contributed by atoms with Crippen molar-refractivity contribution >= 4 is 12.4 Å². The van der Waals surface area contributed by atoms with Crippen LogP contribution in [0.4, 0.5) is 0 Å². The lowest BCUT2D eigenvalue weighted by Crippen LogP contribution is -2.19. The topological polar surface area (TPSA) is 26.0 Å². The van der Waals surface area contributed by atoms with Crippen molar-refractivity contribution in [2.45, 2.75) is 66.7 Å². The highest BCUT2D eigenvalue weighted by atomic mass is 35.5. The van der Waals surface area contributed by atoms with Gasteiger partial charge in [0.15, 0.2) is 0 Å². The standard InChI is InChI=1S/C16H31N.ClH/c1-6-16(7-2,8-3)15(5)11-9-10-14(4)12-13-17;/h11-12H,6-10,13,17H2,1-5H3;1H. The number of halogens is 1. The van der Waals surface area contributed by atoms with Crippen molar-refractivity contribution in [2.24, 2.45) is 11.1 Å². The Kier molecular flexibility index (Phi) is 11.8. The van der Waals surface area contributed by atoms with Crippen molar-refractivity contribution in [3.8, 4) is 0 Å². The molecule has 0 bridgehead atoms. The van der Waals surface area contributed by atoms with E-state index in [4.69, 9.17) is 5.73 Å². The van der Waals surface area contributed by atoms with Crippen molar-refractivity contribution in [1.82, 2.24) is 0 Å². The number of allylic oxidation sites excluding steroid dienone is 3. The molecule has 0 spiro atoms. The fourth-order valence-corrected chi connectivity index (χ4v) is 2.62. The summed E-state index contributed by atoms with van der Waals surface area (Å²) in [6.45, 7) is 12.1. The van der Waals surface area contributed by atoms with Crippen LogP contribution < -0.4 is 5.73 Å². The third-order valence-electron chi connectivity index (χ3n) is 4.32. The first-order valence-electron chi connectivity index (χ1n) is 7.09. The van der Waals surface area contributed by atoms with Crippen LogP contribution in [0.25, 0.3) is 0 Å². The second-order valence-corrected chi connectivity index (χ2v) is 5.05. The van der Waals surface area contributed by atoms with Crippen LogP contribution in [0, 0.1) is 5.41 Å². The molecule has 0 aliphatic heterocycles. The Morgan fingerprint density at radius 1 is 1.00 bits per heavy atom. The Morgan fingerprint density at radius 2 is 1.50 bits per heavy atom. The number of hydrogen-bond acceptors (Lipinski definition) is 1. The van der Waals surface area contributed by atoms with E-state index >= 15 is 0 Å². The molecule has 1 nitrogen and oxygen atoms in total. The van der Waals surface area contributed by atoms with Crippen molar-refractivity contribution in [1.29, 1.82) is 0 Å². The summed E-state index contributed by atoms with van der Waals surface area (Å²) in [5.74, 6) is 0. The van der Waals surface area contributed by atoms with Crippen molar-refractivity contribution in [2.75, 3.05) is 6.54 Å². The van der Waals surface area contributed by atoms with Gasteiger partial charge < -0.3 is 5.73 Å². The summed E-state index contributed by atoms with van der Waals surface area (Å²) in [5.41, 5.74) is 8.92. The highest BCUT2D eigenvalue weighted by Crippen LogP contribution is 2.38. The molecule has 0 aromatic heterocycles. The van der Waals surface area contributed by atoms with Gasteiger partial charge in [-0.15, -0.1) is 12.4 Å². The van der Waals surface area contributed by atoms with Crippen LogP contribution in [0.15, 0.2) is 23.3 Å². The molecular weight excluding hydrogens is 242 g/mol. The number of nitrogens with two attached hydrogens (primary N) is 1. The van der Waals surface area contributed by atoms with Gasteiger partial charge >= 0.3 is 0 Å². The van der Waals surface area contributed by atoms with Gasteiger partial charge in [-0.1, -0.05) is 44.1 Å². The smallest absolute Gasteiger partial charge is 0.0109 e. The predicted molar refractivity (Wildman–Crippen MR) is 86.4 cm³/mol. The molecule has 0 saturated heterocycles. The highest BCUT2D eigenvalue weighted by molar-refractivity contribution is 5.85. The summed E-state index contributed by atoms with van der Waals surface area (Å²) in [4.78, 5) is 0. The van der Waals surface area contributed by atoms with Gasteiger partial charge in [0.2, 0.25) is 0 Å². The molecule has 0 rings (SSSR count). The zero-order chi connectivity index (χ0) is 13.3. The third-order valence-corrected chi connectivity index (χ3v) is 4.32. The average molecular weight is 274 g/mol. The predicted octanol–water partition coefficient (Wildman–Crippen LogP) is 5.26. The average Bonchev–Trinajstić information content (AvgIpc) is 2.32. The van der Waals surface area contributed by atoms with Crippen LogP contribution in [0.1, 0.15) is 66.7 Å². The molecule has 0 fully saturated rings.